The van der Waals surface area contributed by atoms with Gasteiger partial charge in [0, 0.05) is 63.3 Å². The van der Waals surface area contributed by atoms with Crippen molar-refractivity contribution < 1.29 is 14.4 Å². The molecule has 1 aromatic carbocycles. The Morgan fingerprint density at radius 1 is 1.07 bits per heavy atom. The summed E-state index contributed by atoms with van der Waals surface area (Å²) in [5.74, 6) is -0.732. The largest absolute Gasteiger partial charge is 0.324 e. The van der Waals surface area contributed by atoms with Crippen LogP contribution in [0, 0.1) is 0 Å². The summed E-state index contributed by atoms with van der Waals surface area (Å²) in [4.78, 5) is 43.2. The van der Waals surface area contributed by atoms with Crippen LogP contribution in [0.2, 0.25) is 0 Å². The van der Waals surface area contributed by atoms with E-state index in [0.717, 1.165) is 63.2 Å². The second-order valence-electron chi connectivity index (χ2n) is 9.26. The van der Waals surface area contributed by atoms with Crippen molar-refractivity contribution in [3.8, 4) is 0 Å². The Morgan fingerprint density at radius 3 is 2.50 bits per heavy atom. The number of carbonyl (C=O) groups excluding carboxylic acids is 3. The van der Waals surface area contributed by atoms with Gasteiger partial charge in [0.05, 0.1) is 0 Å². The molecule has 1 unspecified atom stereocenters. The van der Waals surface area contributed by atoms with Crippen LogP contribution in [0.1, 0.15) is 47.2 Å². The molecule has 3 heterocycles. The first-order chi connectivity index (χ1) is 14.4. The van der Waals surface area contributed by atoms with Crippen LogP contribution in [0.25, 0.3) is 0 Å². The van der Waals surface area contributed by atoms with Crippen molar-refractivity contribution in [3.05, 3.63) is 34.9 Å². The van der Waals surface area contributed by atoms with Crippen LogP contribution in [0.3, 0.4) is 0 Å². The molecule has 0 spiro atoms. The molecule has 1 saturated carbocycles. The van der Waals surface area contributed by atoms with Gasteiger partial charge in [0.2, 0.25) is 11.8 Å². The Labute approximate surface area is 176 Å². The number of piperazine rings is 1. The van der Waals surface area contributed by atoms with E-state index in [9.17, 15) is 14.4 Å². The average Bonchev–Trinajstić information content (AvgIpc) is 3.35. The first-order valence-electron chi connectivity index (χ1n) is 10.9. The van der Waals surface area contributed by atoms with Crippen LogP contribution in [-0.4, -0.2) is 76.7 Å². The lowest BCUT2D eigenvalue weighted by molar-refractivity contribution is -0.136. The van der Waals surface area contributed by atoms with Gasteiger partial charge in [-0.3, -0.25) is 29.5 Å². The predicted octanol–water partition coefficient (Wildman–Crippen LogP) is 0.0565. The Balaban J connectivity index is 1.24. The predicted molar refractivity (Wildman–Crippen MR) is 110 cm³/mol. The molecule has 0 radical (unpaired) electrons. The number of nitrogens with zero attached hydrogens (tertiary/aromatic N) is 3. The van der Waals surface area contributed by atoms with E-state index in [1.807, 2.05) is 12.1 Å². The summed E-state index contributed by atoms with van der Waals surface area (Å²) in [6, 6.07) is 5.30. The molecule has 8 nitrogen and oxygen atoms in total. The fourth-order valence-electron chi connectivity index (χ4n) is 4.91. The number of nitrogens with two attached hydrogens (primary N) is 1. The summed E-state index contributed by atoms with van der Waals surface area (Å²) in [6.45, 7) is 6.27. The molecule has 0 aromatic heterocycles. The lowest BCUT2D eigenvalue weighted by atomic mass is 10.0. The molecule has 1 aromatic rings. The highest BCUT2D eigenvalue weighted by atomic mass is 16.2. The number of benzene rings is 1. The summed E-state index contributed by atoms with van der Waals surface area (Å²) < 4.78 is 0. The number of fused-ring (bicyclic) bond motifs is 1. The van der Waals surface area contributed by atoms with Crippen molar-refractivity contribution in [1.29, 1.82) is 0 Å². The molecular weight excluding hydrogens is 382 g/mol. The number of hydrogen-bond donors (Lipinski definition) is 2. The van der Waals surface area contributed by atoms with Crippen LogP contribution in [-0.2, 0) is 22.7 Å². The van der Waals surface area contributed by atoms with Gasteiger partial charge in [-0.05, 0) is 36.5 Å². The molecule has 4 aliphatic rings. The summed E-state index contributed by atoms with van der Waals surface area (Å²) in [6.07, 6.45) is 2.95. The summed E-state index contributed by atoms with van der Waals surface area (Å²) in [5, 5.41) is 2.36. The smallest absolute Gasteiger partial charge is 0.255 e. The van der Waals surface area contributed by atoms with E-state index >= 15 is 0 Å². The number of imide groups is 1. The second-order valence-corrected chi connectivity index (χ2v) is 9.26. The van der Waals surface area contributed by atoms with E-state index in [1.165, 1.54) is 0 Å². The first-order valence-corrected chi connectivity index (χ1v) is 10.9. The van der Waals surface area contributed by atoms with Crippen LogP contribution in [0.4, 0.5) is 0 Å². The quantitative estimate of drug-likeness (QED) is 0.665. The molecule has 3 fully saturated rings. The van der Waals surface area contributed by atoms with Gasteiger partial charge in [0.25, 0.3) is 5.91 Å². The number of rotatable bonds is 5. The Hall–Kier alpha value is -2.29. The van der Waals surface area contributed by atoms with Crippen molar-refractivity contribution in [2.24, 2.45) is 5.73 Å². The maximum atomic E-state index is 13.0. The van der Waals surface area contributed by atoms with Gasteiger partial charge in [0.15, 0.2) is 0 Å². The van der Waals surface area contributed by atoms with Gasteiger partial charge in [-0.25, -0.2) is 0 Å². The Bertz CT molecular complexity index is 889. The molecular formula is C22H29N5O3. The third-order valence-corrected chi connectivity index (χ3v) is 6.97. The second kappa shape index (κ2) is 7.44. The van der Waals surface area contributed by atoms with Crippen molar-refractivity contribution in [3.63, 3.8) is 0 Å². The van der Waals surface area contributed by atoms with Crippen molar-refractivity contribution in [2.75, 3.05) is 32.7 Å². The molecule has 3 aliphatic heterocycles. The van der Waals surface area contributed by atoms with Crippen LogP contribution in [0.5, 0.6) is 0 Å². The minimum absolute atomic E-state index is 0.0578. The van der Waals surface area contributed by atoms with E-state index in [1.54, 1.807) is 4.90 Å². The molecule has 3 N–H and O–H groups in total. The van der Waals surface area contributed by atoms with E-state index in [-0.39, 0.29) is 29.7 Å². The monoisotopic (exact) mass is 411 g/mol. The van der Waals surface area contributed by atoms with Crippen molar-refractivity contribution in [2.45, 2.75) is 50.4 Å². The zero-order chi connectivity index (χ0) is 20.9. The fourth-order valence-corrected chi connectivity index (χ4v) is 4.91. The molecule has 5 rings (SSSR count). The number of carbonyl (C=O) groups is 3. The van der Waals surface area contributed by atoms with E-state index in [4.69, 9.17) is 5.73 Å². The van der Waals surface area contributed by atoms with E-state index < -0.39 is 6.04 Å². The normalized spacial score (nSPS) is 26.6. The van der Waals surface area contributed by atoms with Gasteiger partial charge >= 0.3 is 0 Å². The van der Waals surface area contributed by atoms with Crippen LogP contribution in [0.15, 0.2) is 18.2 Å². The highest BCUT2D eigenvalue weighted by Gasteiger charge is 2.41. The van der Waals surface area contributed by atoms with E-state index in [0.29, 0.717) is 18.5 Å². The summed E-state index contributed by atoms with van der Waals surface area (Å²) in [7, 11) is 0. The highest BCUT2D eigenvalue weighted by Crippen LogP contribution is 2.33. The molecule has 1 atom stereocenters. The lowest BCUT2D eigenvalue weighted by Gasteiger charge is -2.36. The molecule has 3 amide bonds. The maximum Gasteiger partial charge on any atom is 0.255 e. The van der Waals surface area contributed by atoms with E-state index in [2.05, 4.69) is 21.2 Å². The van der Waals surface area contributed by atoms with Crippen molar-refractivity contribution >= 4 is 17.7 Å². The van der Waals surface area contributed by atoms with Gasteiger partial charge in [-0.2, -0.15) is 0 Å². The number of hydrogen-bond acceptors (Lipinski definition) is 6. The minimum atomic E-state index is -0.565. The molecule has 160 valence electrons. The lowest BCUT2D eigenvalue weighted by Crippen LogP contribution is -2.52. The standard InChI is InChI=1S/C22H29N5O3/c23-22(6-7-22)14-26-10-8-25(9-11-26)12-15-2-1-3-16-17(15)13-27(21(16)30)18-4-5-19(28)24-20(18)29/h1-3,18H,4-14,23H2,(H,24,28,29). The van der Waals surface area contributed by atoms with Gasteiger partial charge in [-0.1, -0.05) is 12.1 Å². The number of amides is 3. The number of nitrogens with one attached hydrogen (secondary N) is 1. The molecule has 30 heavy (non-hydrogen) atoms. The van der Waals surface area contributed by atoms with Gasteiger partial charge in [0.1, 0.15) is 6.04 Å². The maximum absolute atomic E-state index is 13.0. The van der Waals surface area contributed by atoms with Gasteiger partial charge < -0.3 is 10.6 Å². The third-order valence-electron chi connectivity index (χ3n) is 6.97. The number of piperidine rings is 1. The molecule has 1 aliphatic carbocycles. The average molecular weight is 412 g/mol. The third kappa shape index (κ3) is 3.75. The molecule has 2 saturated heterocycles. The summed E-state index contributed by atoms with van der Waals surface area (Å²) >= 11 is 0. The molecule has 0 bridgehead atoms. The minimum Gasteiger partial charge on any atom is -0.324 e. The zero-order valence-electron chi connectivity index (χ0n) is 17.2. The Kier molecular flexibility index (Phi) is 4.88. The van der Waals surface area contributed by atoms with Crippen LogP contribution >= 0.6 is 0 Å². The highest BCUT2D eigenvalue weighted by molar-refractivity contribution is 6.05. The SMILES string of the molecule is NC1(CN2CCN(Cc3cccc4c3CN(C3CCC(=O)NC3=O)C4=O)CC2)CC1. The summed E-state index contributed by atoms with van der Waals surface area (Å²) in [5.41, 5.74) is 9.19. The molecule has 8 heteroatoms. The Morgan fingerprint density at radius 2 is 1.80 bits per heavy atom. The topological polar surface area (TPSA) is 99.0 Å². The fraction of sp³-hybridized carbons (Fsp3) is 0.591. The van der Waals surface area contributed by atoms with Gasteiger partial charge in [-0.15, -0.1) is 0 Å². The van der Waals surface area contributed by atoms with Crippen molar-refractivity contribution in [1.82, 2.24) is 20.0 Å². The zero-order valence-corrected chi connectivity index (χ0v) is 17.2. The van der Waals surface area contributed by atoms with Crippen LogP contribution < -0.4 is 11.1 Å². The first kappa shape index (κ1) is 19.7.